The molecule has 1 saturated carbocycles. The van der Waals surface area contributed by atoms with Gasteiger partial charge >= 0.3 is 0 Å². The average molecular weight is 214 g/mol. The van der Waals surface area contributed by atoms with E-state index < -0.39 is 0 Å². The van der Waals surface area contributed by atoms with Crippen molar-refractivity contribution in [2.24, 2.45) is 11.3 Å². The molecule has 0 spiro atoms. The predicted octanol–water partition coefficient (Wildman–Crippen LogP) is 2.67. The summed E-state index contributed by atoms with van der Waals surface area (Å²) in [5, 5.41) is 0. The third-order valence-corrected chi connectivity index (χ3v) is 4.60. The molecule has 2 heteroatoms. The van der Waals surface area contributed by atoms with Crippen LogP contribution in [-0.2, 0) is 4.43 Å². The zero-order valence-electron chi connectivity index (χ0n) is 10.1. The molecule has 0 aromatic carbocycles. The van der Waals surface area contributed by atoms with Crippen LogP contribution in [0.3, 0.4) is 0 Å². The van der Waals surface area contributed by atoms with E-state index in [9.17, 15) is 0 Å². The van der Waals surface area contributed by atoms with Crippen LogP contribution in [0.5, 0.6) is 0 Å². The molecular formula is C12H26OSi. The lowest BCUT2D eigenvalue weighted by Gasteiger charge is -2.41. The Morgan fingerprint density at radius 2 is 1.71 bits per heavy atom. The molecule has 0 heterocycles. The molecular weight excluding hydrogens is 188 g/mol. The Balaban J connectivity index is 2.62. The molecule has 0 aliphatic heterocycles. The number of hydrogen-bond acceptors (Lipinski definition) is 1. The van der Waals surface area contributed by atoms with Gasteiger partial charge in [0.15, 0.2) is 0 Å². The summed E-state index contributed by atoms with van der Waals surface area (Å²) in [4.78, 5) is 0. The lowest BCUT2D eigenvalue weighted by atomic mass is 9.66. The van der Waals surface area contributed by atoms with Crippen molar-refractivity contribution >= 4 is 10.5 Å². The lowest BCUT2D eigenvalue weighted by Crippen LogP contribution is -2.35. The first-order chi connectivity index (χ1) is 6.79. The van der Waals surface area contributed by atoms with Crippen LogP contribution < -0.4 is 0 Å². The van der Waals surface area contributed by atoms with Crippen molar-refractivity contribution in [2.45, 2.75) is 58.8 Å². The van der Waals surface area contributed by atoms with Crippen LogP contribution >= 0.6 is 0 Å². The molecule has 1 rings (SSSR count). The largest absolute Gasteiger partial charge is 0.427 e. The van der Waals surface area contributed by atoms with Crippen molar-refractivity contribution in [1.82, 2.24) is 0 Å². The summed E-state index contributed by atoms with van der Waals surface area (Å²) >= 11 is 0. The Morgan fingerprint density at radius 3 is 2.14 bits per heavy atom. The normalized spacial score (nSPS) is 20.1. The predicted molar refractivity (Wildman–Crippen MR) is 65.5 cm³/mol. The monoisotopic (exact) mass is 214 g/mol. The highest BCUT2D eigenvalue weighted by atomic mass is 28.2. The maximum absolute atomic E-state index is 5.58. The molecule has 0 bridgehead atoms. The molecule has 0 unspecified atom stereocenters. The van der Waals surface area contributed by atoms with E-state index in [0.29, 0.717) is 5.41 Å². The van der Waals surface area contributed by atoms with Crippen LogP contribution in [0.1, 0.15) is 58.8 Å². The smallest absolute Gasteiger partial charge is 0.145 e. The summed E-state index contributed by atoms with van der Waals surface area (Å²) in [6, 6.07) is 0. The van der Waals surface area contributed by atoms with Gasteiger partial charge in [-0.2, -0.15) is 0 Å². The van der Waals surface area contributed by atoms with Crippen molar-refractivity contribution in [3.63, 3.8) is 0 Å². The highest BCUT2D eigenvalue weighted by molar-refractivity contribution is 5.97. The van der Waals surface area contributed by atoms with Crippen LogP contribution in [0.25, 0.3) is 0 Å². The maximum atomic E-state index is 5.58. The van der Waals surface area contributed by atoms with E-state index >= 15 is 0 Å². The second-order valence-corrected chi connectivity index (χ2v) is 5.41. The van der Waals surface area contributed by atoms with Crippen molar-refractivity contribution in [3.8, 4) is 0 Å². The van der Waals surface area contributed by atoms with E-state index in [4.69, 9.17) is 4.43 Å². The van der Waals surface area contributed by atoms with E-state index in [0.717, 1.165) is 23.0 Å². The zero-order chi connectivity index (χ0) is 10.4. The average Bonchev–Trinajstić information content (AvgIpc) is 2.27. The molecule has 0 saturated heterocycles. The summed E-state index contributed by atoms with van der Waals surface area (Å²) in [7, 11) is 0.899. The molecule has 0 amide bonds. The van der Waals surface area contributed by atoms with Crippen molar-refractivity contribution < 1.29 is 4.43 Å². The minimum atomic E-state index is 0.516. The minimum Gasteiger partial charge on any atom is -0.427 e. The highest BCUT2D eigenvalue weighted by Gasteiger charge is 2.35. The van der Waals surface area contributed by atoms with E-state index in [1.807, 2.05) is 0 Å². The lowest BCUT2D eigenvalue weighted by molar-refractivity contribution is 0.0472. The van der Waals surface area contributed by atoms with Gasteiger partial charge in [0.2, 0.25) is 0 Å². The van der Waals surface area contributed by atoms with E-state index in [2.05, 4.69) is 13.8 Å². The third kappa shape index (κ3) is 2.60. The fraction of sp³-hybridized carbons (Fsp3) is 1.00. The third-order valence-electron chi connectivity index (χ3n) is 4.31. The molecule has 0 aromatic heterocycles. The van der Waals surface area contributed by atoms with Crippen molar-refractivity contribution in [1.29, 1.82) is 0 Å². The summed E-state index contributed by atoms with van der Waals surface area (Å²) in [5.41, 5.74) is 0.516. The van der Waals surface area contributed by atoms with E-state index in [1.165, 1.54) is 44.9 Å². The van der Waals surface area contributed by atoms with Gasteiger partial charge in [-0.15, -0.1) is 0 Å². The Hall–Kier alpha value is 0.177. The van der Waals surface area contributed by atoms with Gasteiger partial charge in [-0.1, -0.05) is 33.1 Å². The van der Waals surface area contributed by atoms with Crippen molar-refractivity contribution in [3.05, 3.63) is 0 Å². The molecule has 84 valence electrons. The molecule has 0 N–H and O–H groups in total. The second kappa shape index (κ2) is 5.91. The first-order valence-corrected chi connectivity index (χ1v) is 7.09. The van der Waals surface area contributed by atoms with Gasteiger partial charge in [-0.3, -0.25) is 0 Å². The van der Waals surface area contributed by atoms with Gasteiger partial charge in [-0.25, -0.2) is 0 Å². The van der Waals surface area contributed by atoms with Gasteiger partial charge in [0, 0.05) is 6.61 Å². The second-order valence-electron chi connectivity index (χ2n) is 4.84. The van der Waals surface area contributed by atoms with Gasteiger partial charge in [0.25, 0.3) is 0 Å². The molecule has 1 aliphatic rings. The molecule has 14 heavy (non-hydrogen) atoms. The van der Waals surface area contributed by atoms with Crippen LogP contribution in [0.4, 0.5) is 0 Å². The van der Waals surface area contributed by atoms with Crippen molar-refractivity contribution in [2.75, 3.05) is 6.61 Å². The fourth-order valence-electron chi connectivity index (χ4n) is 3.15. The Labute approximate surface area is 92.2 Å². The number of hydrogen-bond donors (Lipinski definition) is 0. The Morgan fingerprint density at radius 1 is 1.14 bits per heavy atom. The summed E-state index contributed by atoms with van der Waals surface area (Å²) < 4.78 is 5.58. The van der Waals surface area contributed by atoms with Crippen LogP contribution in [0.15, 0.2) is 0 Å². The Kier molecular flexibility index (Phi) is 5.17. The van der Waals surface area contributed by atoms with Crippen LogP contribution in [0, 0.1) is 11.3 Å². The SMILES string of the molecule is CCC(CC)(CO[SiH3])C1CCCCC1. The quantitative estimate of drug-likeness (QED) is 0.639. The zero-order valence-corrected chi connectivity index (χ0v) is 12.1. The molecule has 0 atom stereocenters. The molecule has 0 radical (unpaired) electrons. The fourth-order valence-corrected chi connectivity index (χ4v) is 3.73. The maximum Gasteiger partial charge on any atom is 0.145 e. The first kappa shape index (κ1) is 12.2. The van der Waals surface area contributed by atoms with E-state index in [1.54, 1.807) is 0 Å². The summed E-state index contributed by atoms with van der Waals surface area (Å²) in [6.45, 7) is 5.72. The summed E-state index contributed by atoms with van der Waals surface area (Å²) in [5.74, 6) is 0.945. The topological polar surface area (TPSA) is 9.23 Å². The summed E-state index contributed by atoms with van der Waals surface area (Å²) in [6.07, 6.45) is 9.87. The van der Waals surface area contributed by atoms with Crippen LogP contribution in [-0.4, -0.2) is 17.1 Å². The van der Waals surface area contributed by atoms with Gasteiger partial charge in [0.05, 0.1) is 0 Å². The van der Waals surface area contributed by atoms with Gasteiger partial charge in [-0.05, 0) is 37.0 Å². The highest BCUT2D eigenvalue weighted by Crippen LogP contribution is 2.43. The molecule has 0 aromatic rings. The Bertz CT molecular complexity index is 148. The molecule has 1 nitrogen and oxygen atoms in total. The minimum absolute atomic E-state index is 0.516. The molecule has 1 fully saturated rings. The van der Waals surface area contributed by atoms with Crippen LogP contribution in [0.2, 0.25) is 0 Å². The first-order valence-electron chi connectivity index (χ1n) is 6.28. The number of rotatable bonds is 5. The van der Waals surface area contributed by atoms with Gasteiger partial charge in [0.1, 0.15) is 10.5 Å². The van der Waals surface area contributed by atoms with E-state index in [-0.39, 0.29) is 0 Å². The molecule has 1 aliphatic carbocycles. The van der Waals surface area contributed by atoms with Gasteiger partial charge < -0.3 is 4.43 Å². The standard InChI is InChI=1S/C12H26OSi/c1-3-12(4-2,10-13-14)11-8-6-5-7-9-11/h11H,3-10H2,1-2,14H3.